The van der Waals surface area contributed by atoms with Crippen molar-refractivity contribution >= 4 is 16.2 Å². The quantitative estimate of drug-likeness (QED) is 0.238. The lowest BCUT2D eigenvalue weighted by Gasteiger charge is -1.93. The molecular formula is C6H16N2O4S. The van der Waals surface area contributed by atoms with Crippen molar-refractivity contribution in [3.05, 3.63) is 0 Å². The van der Waals surface area contributed by atoms with Crippen LogP contribution in [-0.2, 0) is 10.4 Å². The van der Waals surface area contributed by atoms with Crippen LogP contribution in [0.1, 0.15) is 32.6 Å². The normalized spacial score (nSPS) is 10.1. The molecule has 0 fully saturated rings. The third-order valence-corrected chi connectivity index (χ3v) is 1.05. The van der Waals surface area contributed by atoms with Gasteiger partial charge in [-0.1, -0.05) is 19.8 Å². The molecule has 0 saturated heterocycles. The molecule has 0 saturated carbocycles. The van der Waals surface area contributed by atoms with Gasteiger partial charge in [-0.15, -0.1) is 0 Å². The van der Waals surface area contributed by atoms with Gasteiger partial charge >= 0.3 is 10.4 Å². The van der Waals surface area contributed by atoms with Crippen LogP contribution in [0.15, 0.2) is 0 Å². The van der Waals surface area contributed by atoms with Crippen molar-refractivity contribution in [2.24, 2.45) is 5.73 Å². The first-order chi connectivity index (χ1) is 5.77. The van der Waals surface area contributed by atoms with E-state index >= 15 is 0 Å². The lowest BCUT2D eigenvalue weighted by molar-refractivity contribution is 0.381. The molecule has 0 rings (SSSR count). The number of unbranched alkanes of at least 4 members (excludes halogenated alkanes) is 2. The Bertz CT molecular complexity index is 217. The molecule has 0 aromatic carbocycles. The van der Waals surface area contributed by atoms with E-state index in [1.54, 1.807) is 0 Å². The van der Waals surface area contributed by atoms with Gasteiger partial charge in [0.1, 0.15) is 0 Å². The molecular weight excluding hydrogens is 196 g/mol. The number of amidine groups is 1. The smallest absolute Gasteiger partial charge is 0.388 e. The molecule has 0 heterocycles. The van der Waals surface area contributed by atoms with E-state index in [1.807, 2.05) is 0 Å². The van der Waals surface area contributed by atoms with Crippen molar-refractivity contribution in [1.82, 2.24) is 0 Å². The van der Waals surface area contributed by atoms with Crippen LogP contribution in [0, 0.1) is 5.41 Å². The largest absolute Gasteiger partial charge is 0.394 e. The molecule has 0 atom stereocenters. The monoisotopic (exact) mass is 212 g/mol. The van der Waals surface area contributed by atoms with E-state index in [2.05, 4.69) is 6.92 Å². The van der Waals surface area contributed by atoms with Gasteiger partial charge in [-0.2, -0.15) is 8.42 Å². The summed E-state index contributed by atoms with van der Waals surface area (Å²) in [5, 5.41) is 6.85. The third kappa shape index (κ3) is 52.5. The van der Waals surface area contributed by atoms with Gasteiger partial charge < -0.3 is 5.73 Å². The first-order valence-electron chi connectivity index (χ1n) is 3.80. The lowest BCUT2D eigenvalue weighted by Crippen LogP contribution is -2.08. The molecule has 5 N–H and O–H groups in total. The maximum absolute atomic E-state index is 8.74. The van der Waals surface area contributed by atoms with Crippen molar-refractivity contribution in [3.63, 3.8) is 0 Å². The molecule has 13 heavy (non-hydrogen) atoms. The van der Waals surface area contributed by atoms with Crippen LogP contribution in [-0.4, -0.2) is 23.4 Å². The summed E-state index contributed by atoms with van der Waals surface area (Å²) >= 11 is 0. The number of nitrogens with one attached hydrogen (secondary N) is 1. The van der Waals surface area contributed by atoms with E-state index in [0.29, 0.717) is 5.84 Å². The van der Waals surface area contributed by atoms with E-state index in [1.165, 1.54) is 12.8 Å². The Morgan fingerprint density at radius 2 is 1.77 bits per heavy atom. The van der Waals surface area contributed by atoms with E-state index in [-0.39, 0.29) is 0 Å². The highest BCUT2D eigenvalue weighted by atomic mass is 32.3. The molecule has 0 aliphatic heterocycles. The van der Waals surface area contributed by atoms with Gasteiger partial charge in [-0.25, -0.2) is 0 Å². The highest BCUT2D eigenvalue weighted by Gasteiger charge is 1.86. The Morgan fingerprint density at radius 1 is 1.38 bits per heavy atom. The molecule has 0 bridgehead atoms. The van der Waals surface area contributed by atoms with Gasteiger partial charge in [0.05, 0.1) is 5.84 Å². The Balaban J connectivity index is 0. The average Bonchev–Trinajstić information content (AvgIpc) is 1.83. The molecule has 7 heteroatoms. The number of nitrogens with two attached hydrogens (primary N) is 1. The first-order valence-corrected chi connectivity index (χ1v) is 5.19. The van der Waals surface area contributed by atoms with E-state index in [9.17, 15) is 0 Å². The lowest BCUT2D eigenvalue weighted by atomic mass is 10.2. The van der Waals surface area contributed by atoms with Gasteiger partial charge in [-0.05, 0) is 6.42 Å². The standard InChI is InChI=1S/C6H14N2.H2O4S/c1-2-3-4-5-6(7)8;1-5(2,3)4/h2-5H2,1H3,(H3,7,8);(H2,1,2,3,4). The molecule has 0 unspecified atom stereocenters. The molecule has 0 amide bonds. The zero-order valence-electron chi connectivity index (χ0n) is 7.52. The van der Waals surface area contributed by atoms with Crippen LogP contribution in [0.25, 0.3) is 0 Å². The third-order valence-electron chi connectivity index (χ3n) is 1.05. The highest BCUT2D eigenvalue weighted by molar-refractivity contribution is 7.79. The Morgan fingerprint density at radius 3 is 2.00 bits per heavy atom. The Hall–Kier alpha value is -0.660. The van der Waals surface area contributed by atoms with Crippen molar-refractivity contribution in [3.8, 4) is 0 Å². The SMILES string of the molecule is CCCCCC(=N)N.O=S(=O)(O)O. The van der Waals surface area contributed by atoms with Gasteiger partial charge in [0.25, 0.3) is 0 Å². The van der Waals surface area contributed by atoms with Crippen LogP contribution in [0.2, 0.25) is 0 Å². The summed E-state index contributed by atoms with van der Waals surface area (Å²) < 4.78 is 31.6. The van der Waals surface area contributed by atoms with Crippen LogP contribution >= 0.6 is 0 Å². The van der Waals surface area contributed by atoms with E-state index in [4.69, 9.17) is 28.7 Å². The summed E-state index contributed by atoms with van der Waals surface area (Å²) in [6.45, 7) is 2.14. The second-order valence-electron chi connectivity index (χ2n) is 2.43. The molecule has 0 aliphatic rings. The summed E-state index contributed by atoms with van der Waals surface area (Å²) in [6, 6.07) is 0. The summed E-state index contributed by atoms with van der Waals surface area (Å²) in [4.78, 5) is 0. The maximum Gasteiger partial charge on any atom is 0.394 e. The van der Waals surface area contributed by atoms with Crippen LogP contribution in [0.4, 0.5) is 0 Å². The predicted octanol–water partition coefficient (Wildman–Crippen LogP) is 0.850. The molecule has 80 valence electrons. The molecule has 0 aromatic rings. The minimum atomic E-state index is -4.67. The van der Waals surface area contributed by atoms with Gasteiger partial charge in [0.2, 0.25) is 0 Å². The van der Waals surface area contributed by atoms with Crippen molar-refractivity contribution in [1.29, 1.82) is 5.41 Å². The fourth-order valence-corrected chi connectivity index (χ4v) is 0.565. The van der Waals surface area contributed by atoms with Crippen LogP contribution in [0.5, 0.6) is 0 Å². The summed E-state index contributed by atoms with van der Waals surface area (Å²) in [5.74, 6) is 0.318. The zero-order chi connectivity index (χ0) is 10.9. The number of hydrogen-bond donors (Lipinski definition) is 4. The fourth-order valence-electron chi connectivity index (χ4n) is 0.565. The highest BCUT2D eigenvalue weighted by Crippen LogP contribution is 1.96. The first kappa shape index (κ1) is 14.8. The molecule has 0 aromatic heterocycles. The minimum absolute atomic E-state index is 0.318. The van der Waals surface area contributed by atoms with Crippen molar-refractivity contribution in [2.75, 3.05) is 0 Å². The molecule has 0 spiro atoms. The maximum atomic E-state index is 8.74. The fraction of sp³-hybridized carbons (Fsp3) is 0.833. The minimum Gasteiger partial charge on any atom is -0.388 e. The summed E-state index contributed by atoms with van der Waals surface area (Å²) in [5.41, 5.74) is 5.12. The predicted molar refractivity (Wildman–Crippen MR) is 50.2 cm³/mol. The van der Waals surface area contributed by atoms with Crippen molar-refractivity contribution < 1.29 is 17.5 Å². The number of rotatable bonds is 4. The second kappa shape index (κ2) is 7.96. The second-order valence-corrected chi connectivity index (χ2v) is 3.33. The van der Waals surface area contributed by atoms with Gasteiger partial charge in [0, 0.05) is 6.42 Å². The van der Waals surface area contributed by atoms with Crippen molar-refractivity contribution in [2.45, 2.75) is 32.6 Å². The van der Waals surface area contributed by atoms with Crippen LogP contribution < -0.4 is 5.73 Å². The number of hydrogen-bond acceptors (Lipinski definition) is 3. The van der Waals surface area contributed by atoms with E-state index < -0.39 is 10.4 Å². The Labute approximate surface area is 78.2 Å². The molecule has 0 aliphatic carbocycles. The van der Waals surface area contributed by atoms with Gasteiger partial charge in [0.15, 0.2) is 0 Å². The van der Waals surface area contributed by atoms with Gasteiger partial charge in [-0.3, -0.25) is 14.5 Å². The summed E-state index contributed by atoms with van der Waals surface area (Å²) in [6.07, 6.45) is 4.24. The average molecular weight is 212 g/mol. The summed E-state index contributed by atoms with van der Waals surface area (Å²) in [7, 11) is -4.67. The topological polar surface area (TPSA) is 124 Å². The van der Waals surface area contributed by atoms with E-state index in [0.717, 1.165) is 12.8 Å². The molecule has 0 radical (unpaired) electrons. The molecule has 6 nitrogen and oxygen atoms in total. The zero-order valence-corrected chi connectivity index (χ0v) is 8.34. The van der Waals surface area contributed by atoms with Crippen LogP contribution in [0.3, 0.4) is 0 Å². The Kier molecular flexibility index (Phi) is 9.09.